The van der Waals surface area contributed by atoms with E-state index in [1.54, 1.807) is 17.0 Å². The number of benzene rings is 1. The summed E-state index contributed by atoms with van der Waals surface area (Å²) < 4.78 is 25.2. The molecule has 1 aromatic rings. The molecule has 1 fully saturated rings. The Kier molecular flexibility index (Phi) is 5.72. The van der Waals surface area contributed by atoms with Crippen LogP contribution in [0.3, 0.4) is 0 Å². The van der Waals surface area contributed by atoms with E-state index in [9.17, 15) is 14.0 Å². The van der Waals surface area contributed by atoms with Gasteiger partial charge in [-0.05, 0) is 57.2 Å². The molecule has 0 aromatic heterocycles. The monoisotopic (exact) mass is 401 g/mol. The molecule has 0 N–H and O–H groups in total. The molecule has 4 rings (SSSR count). The molecule has 0 bridgehead atoms. The van der Waals surface area contributed by atoms with E-state index in [-0.39, 0.29) is 41.4 Å². The number of hydrogen-bond acceptors (Lipinski definition) is 4. The van der Waals surface area contributed by atoms with E-state index in [1.807, 2.05) is 13.8 Å². The molecule has 3 unspecified atom stereocenters. The van der Waals surface area contributed by atoms with Crippen molar-refractivity contribution in [3.63, 3.8) is 0 Å². The standard InChI is InChI=1S/C23H28FNO4/c1-14(2)28-13-5-12-25-20(15-8-10-16(24)11-9-15)19-21(26)17-6-3-4-7-18(17)29-22(19)23(25)27/h8-11,14,17-18,20H,3-7,12-13H2,1-2H3. The summed E-state index contributed by atoms with van der Waals surface area (Å²) in [6.45, 7) is 4.92. The quantitative estimate of drug-likeness (QED) is 0.678. The molecular weight excluding hydrogens is 373 g/mol. The van der Waals surface area contributed by atoms with Gasteiger partial charge in [-0.1, -0.05) is 18.6 Å². The van der Waals surface area contributed by atoms with E-state index in [4.69, 9.17) is 9.47 Å². The van der Waals surface area contributed by atoms with Gasteiger partial charge in [0.25, 0.3) is 5.91 Å². The van der Waals surface area contributed by atoms with E-state index in [2.05, 4.69) is 0 Å². The predicted octanol–water partition coefficient (Wildman–Crippen LogP) is 3.94. The maximum atomic E-state index is 13.5. The molecule has 5 nitrogen and oxygen atoms in total. The number of rotatable bonds is 6. The lowest BCUT2D eigenvalue weighted by Crippen LogP contribution is -2.39. The summed E-state index contributed by atoms with van der Waals surface area (Å²) in [6.07, 6.45) is 4.21. The summed E-state index contributed by atoms with van der Waals surface area (Å²) in [5, 5.41) is 0. The van der Waals surface area contributed by atoms with Crippen LogP contribution in [0, 0.1) is 11.7 Å². The van der Waals surface area contributed by atoms with Gasteiger partial charge in [0.2, 0.25) is 0 Å². The highest BCUT2D eigenvalue weighted by atomic mass is 19.1. The third-order valence-electron chi connectivity index (χ3n) is 6.04. The van der Waals surface area contributed by atoms with Crippen molar-refractivity contribution in [2.75, 3.05) is 13.2 Å². The lowest BCUT2D eigenvalue weighted by Gasteiger charge is -2.35. The van der Waals surface area contributed by atoms with Crippen molar-refractivity contribution >= 4 is 11.7 Å². The average Bonchev–Trinajstić information content (AvgIpc) is 2.98. The molecule has 1 saturated carbocycles. The van der Waals surface area contributed by atoms with Gasteiger partial charge in [-0.2, -0.15) is 0 Å². The largest absolute Gasteiger partial charge is 0.483 e. The van der Waals surface area contributed by atoms with Crippen LogP contribution in [0.2, 0.25) is 0 Å². The molecule has 0 radical (unpaired) electrons. The molecule has 0 saturated heterocycles. The number of amides is 1. The van der Waals surface area contributed by atoms with Gasteiger partial charge in [-0.15, -0.1) is 0 Å². The Morgan fingerprint density at radius 3 is 2.62 bits per heavy atom. The number of fused-ring (bicyclic) bond motifs is 1. The lowest BCUT2D eigenvalue weighted by atomic mass is 9.77. The second-order valence-electron chi connectivity index (χ2n) is 8.38. The van der Waals surface area contributed by atoms with Crippen LogP contribution in [0.15, 0.2) is 35.6 Å². The maximum absolute atomic E-state index is 13.5. The first-order valence-electron chi connectivity index (χ1n) is 10.6. The Labute approximate surface area is 170 Å². The van der Waals surface area contributed by atoms with Crippen molar-refractivity contribution in [1.82, 2.24) is 4.90 Å². The van der Waals surface area contributed by atoms with Gasteiger partial charge in [0.1, 0.15) is 11.9 Å². The van der Waals surface area contributed by atoms with Crippen LogP contribution >= 0.6 is 0 Å². The van der Waals surface area contributed by atoms with Crippen LogP contribution < -0.4 is 0 Å². The van der Waals surface area contributed by atoms with Crippen LogP contribution in [-0.2, 0) is 19.1 Å². The van der Waals surface area contributed by atoms with Crippen molar-refractivity contribution < 1.29 is 23.5 Å². The number of halogens is 1. The summed E-state index contributed by atoms with van der Waals surface area (Å²) >= 11 is 0. The fourth-order valence-electron chi connectivity index (χ4n) is 4.67. The van der Waals surface area contributed by atoms with Crippen LogP contribution in [0.5, 0.6) is 0 Å². The van der Waals surface area contributed by atoms with Crippen LogP contribution in [-0.4, -0.2) is 41.9 Å². The van der Waals surface area contributed by atoms with E-state index in [0.29, 0.717) is 25.1 Å². The highest BCUT2D eigenvalue weighted by Crippen LogP contribution is 2.46. The summed E-state index contributed by atoms with van der Waals surface area (Å²) in [7, 11) is 0. The van der Waals surface area contributed by atoms with Gasteiger partial charge >= 0.3 is 0 Å². The zero-order valence-electron chi connectivity index (χ0n) is 17.0. The van der Waals surface area contributed by atoms with Gasteiger partial charge in [0.15, 0.2) is 11.5 Å². The Hall–Kier alpha value is -2.21. The minimum atomic E-state index is -0.521. The van der Waals surface area contributed by atoms with E-state index < -0.39 is 6.04 Å². The summed E-state index contributed by atoms with van der Waals surface area (Å²) in [5.41, 5.74) is 1.19. The summed E-state index contributed by atoms with van der Waals surface area (Å²) in [6, 6.07) is 5.53. The first kappa shape index (κ1) is 20.1. The second kappa shape index (κ2) is 8.27. The molecule has 3 aliphatic rings. The predicted molar refractivity (Wildman–Crippen MR) is 105 cm³/mol. The number of Topliss-reactive ketones (excluding diaryl/α,β-unsaturated/α-hetero) is 1. The Balaban J connectivity index is 1.65. The van der Waals surface area contributed by atoms with E-state index >= 15 is 0 Å². The number of ketones is 1. The van der Waals surface area contributed by atoms with Crippen LogP contribution in [0.25, 0.3) is 0 Å². The molecule has 156 valence electrons. The maximum Gasteiger partial charge on any atom is 0.290 e. The van der Waals surface area contributed by atoms with Crippen LogP contribution in [0.4, 0.5) is 4.39 Å². The molecule has 29 heavy (non-hydrogen) atoms. The number of nitrogens with zero attached hydrogens (tertiary/aromatic N) is 1. The molecule has 2 heterocycles. The van der Waals surface area contributed by atoms with Gasteiger partial charge in [-0.25, -0.2) is 4.39 Å². The molecular formula is C23H28FNO4. The number of ether oxygens (including phenoxy) is 2. The number of carbonyl (C=O) groups is 2. The topological polar surface area (TPSA) is 55.8 Å². The Morgan fingerprint density at radius 2 is 1.90 bits per heavy atom. The molecule has 6 heteroatoms. The van der Waals surface area contributed by atoms with Gasteiger partial charge < -0.3 is 14.4 Å². The molecule has 0 spiro atoms. The van der Waals surface area contributed by atoms with Crippen LogP contribution in [0.1, 0.15) is 57.6 Å². The fourth-order valence-corrected chi connectivity index (χ4v) is 4.67. The number of hydrogen-bond donors (Lipinski definition) is 0. The summed E-state index contributed by atoms with van der Waals surface area (Å²) in [4.78, 5) is 28.3. The zero-order valence-corrected chi connectivity index (χ0v) is 17.0. The Morgan fingerprint density at radius 1 is 1.17 bits per heavy atom. The first-order valence-corrected chi connectivity index (χ1v) is 10.6. The van der Waals surface area contributed by atoms with E-state index in [1.165, 1.54) is 12.1 Å². The van der Waals surface area contributed by atoms with Crippen molar-refractivity contribution in [2.45, 2.75) is 64.2 Å². The highest BCUT2D eigenvalue weighted by molar-refractivity contribution is 6.11. The SMILES string of the molecule is CC(C)OCCCN1C(=O)C2=C(C(=O)C3CCCCC3O2)C1c1ccc(F)cc1. The fraction of sp³-hybridized carbons (Fsp3) is 0.565. The highest BCUT2D eigenvalue weighted by Gasteiger charge is 2.51. The second-order valence-corrected chi connectivity index (χ2v) is 8.38. The van der Waals surface area contributed by atoms with Gasteiger partial charge in [-0.3, -0.25) is 9.59 Å². The molecule has 1 amide bonds. The molecule has 2 aliphatic heterocycles. The van der Waals surface area contributed by atoms with Crippen molar-refractivity contribution in [1.29, 1.82) is 0 Å². The third kappa shape index (κ3) is 3.82. The lowest BCUT2D eigenvalue weighted by molar-refractivity contribution is -0.135. The van der Waals surface area contributed by atoms with Crippen molar-refractivity contribution in [3.05, 3.63) is 47.0 Å². The van der Waals surface area contributed by atoms with E-state index in [0.717, 1.165) is 31.2 Å². The van der Waals surface area contributed by atoms with Crippen molar-refractivity contribution in [2.24, 2.45) is 5.92 Å². The third-order valence-corrected chi connectivity index (χ3v) is 6.04. The zero-order chi connectivity index (χ0) is 20.5. The van der Waals surface area contributed by atoms with Crippen molar-refractivity contribution in [3.8, 4) is 0 Å². The van der Waals surface area contributed by atoms with Gasteiger partial charge in [0, 0.05) is 13.2 Å². The smallest absolute Gasteiger partial charge is 0.290 e. The normalized spacial score (nSPS) is 26.6. The minimum absolute atomic E-state index is 0.0274. The minimum Gasteiger partial charge on any atom is -0.483 e. The molecule has 1 aliphatic carbocycles. The Bertz CT molecular complexity index is 817. The average molecular weight is 401 g/mol. The molecule has 1 aromatic carbocycles. The van der Waals surface area contributed by atoms with Gasteiger partial charge in [0.05, 0.1) is 23.6 Å². The molecule has 3 atom stereocenters. The first-order chi connectivity index (χ1) is 14.0. The summed E-state index contributed by atoms with van der Waals surface area (Å²) in [5.74, 6) is -0.529. The number of carbonyl (C=O) groups excluding carboxylic acids is 2.